The van der Waals surface area contributed by atoms with Crippen molar-refractivity contribution in [3.63, 3.8) is 0 Å². The lowest BCUT2D eigenvalue weighted by atomic mass is 9.79. The zero-order valence-electron chi connectivity index (χ0n) is 10.6. The zero-order valence-corrected chi connectivity index (χ0v) is 10.6. The fraction of sp³-hybridized carbons (Fsp3) is 0.917. The molecule has 1 rings (SSSR count). The minimum Gasteiger partial charge on any atom is -0.480 e. The number of piperidine rings is 1. The third-order valence-electron chi connectivity index (χ3n) is 3.63. The Morgan fingerprint density at radius 3 is 2.47 bits per heavy atom. The Labute approximate surface area is 101 Å². The van der Waals surface area contributed by atoms with Gasteiger partial charge in [0, 0.05) is 18.4 Å². The summed E-state index contributed by atoms with van der Waals surface area (Å²) in [6.07, 6.45) is 0.596. The maximum absolute atomic E-state index is 13.9. The highest BCUT2D eigenvalue weighted by Gasteiger charge is 2.54. The van der Waals surface area contributed by atoms with Crippen LogP contribution in [0.25, 0.3) is 0 Å². The lowest BCUT2D eigenvalue weighted by Gasteiger charge is -2.46. The summed E-state index contributed by atoms with van der Waals surface area (Å²) >= 11 is 0. The molecule has 1 aliphatic heterocycles. The van der Waals surface area contributed by atoms with E-state index < -0.39 is 23.9 Å². The first kappa shape index (κ1) is 14.4. The van der Waals surface area contributed by atoms with Gasteiger partial charge < -0.3 is 5.11 Å². The van der Waals surface area contributed by atoms with Crippen molar-refractivity contribution >= 4 is 5.97 Å². The second kappa shape index (κ2) is 5.29. The summed E-state index contributed by atoms with van der Waals surface area (Å²) in [5.41, 5.74) is 0. The predicted octanol–water partition coefficient (Wildman–Crippen LogP) is 2.61. The number of alkyl halides is 2. The van der Waals surface area contributed by atoms with Crippen LogP contribution in [0.3, 0.4) is 0 Å². The summed E-state index contributed by atoms with van der Waals surface area (Å²) in [5, 5.41) is 9.21. The first-order valence-electron chi connectivity index (χ1n) is 6.21. The van der Waals surface area contributed by atoms with Crippen LogP contribution in [0.15, 0.2) is 0 Å². The molecule has 1 fully saturated rings. The molecule has 1 saturated heterocycles. The van der Waals surface area contributed by atoms with Gasteiger partial charge in [0.05, 0.1) is 0 Å². The largest absolute Gasteiger partial charge is 0.480 e. The van der Waals surface area contributed by atoms with Crippen LogP contribution in [0, 0.1) is 5.92 Å². The van der Waals surface area contributed by atoms with Gasteiger partial charge in [0.1, 0.15) is 6.04 Å². The lowest BCUT2D eigenvalue weighted by Crippen LogP contribution is -2.60. The number of hydrogen-bond acceptors (Lipinski definition) is 2. The number of halogens is 2. The molecule has 100 valence electrons. The van der Waals surface area contributed by atoms with Crippen molar-refractivity contribution < 1.29 is 18.7 Å². The van der Waals surface area contributed by atoms with E-state index in [1.54, 1.807) is 11.8 Å². The molecule has 5 heteroatoms. The molecule has 0 aliphatic carbocycles. The molecule has 0 spiro atoms. The van der Waals surface area contributed by atoms with Crippen molar-refractivity contribution in [2.24, 2.45) is 5.92 Å². The third-order valence-corrected chi connectivity index (χ3v) is 3.63. The molecule has 17 heavy (non-hydrogen) atoms. The molecule has 0 aromatic carbocycles. The Kier molecular flexibility index (Phi) is 4.47. The fourth-order valence-corrected chi connectivity index (χ4v) is 2.90. The molecule has 0 saturated carbocycles. The minimum atomic E-state index is -2.87. The van der Waals surface area contributed by atoms with E-state index in [0.717, 1.165) is 0 Å². The van der Waals surface area contributed by atoms with Gasteiger partial charge in [0.15, 0.2) is 0 Å². The van der Waals surface area contributed by atoms with Gasteiger partial charge in [-0.1, -0.05) is 20.3 Å². The topological polar surface area (TPSA) is 40.5 Å². The van der Waals surface area contributed by atoms with Crippen LogP contribution in [-0.4, -0.2) is 40.5 Å². The molecule has 1 N–H and O–H groups in total. The summed E-state index contributed by atoms with van der Waals surface area (Å²) in [5.74, 6) is -5.07. The Balaban J connectivity index is 3.05. The molecule has 0 aromatic heterocycles. The first-order valence-corrected chi connectivity index (χ1v) is 6.21. The number of carboxylic acid groups (broad SMARTS) is 1. The van der Waals surface area contributed by atoms with E-state index in [0.29, 0.717) is 13.0 Å². The number of nitrogens with zero attached hydrogens (tertiary/aromatic N) is 1. The van der Waals surface area contributed by atoms with Crippen LogP contribution < -0.4 is 0 Å². The molecule has 0 aromatic rings. The normalized spacial score (nSPS) is 33.6. The number of carbonyl (C=O) groups is 1. The Morgan fingerprint density at radius 2 is 2.06 bits per heavy atom. The van der Waals surface area contributed by atoms with Crippen molar-refractivity contribution in [2.75, 3.05) is 6.54 Å². The van der Waals surface area contributed by atoms with Crippen molar-refractivity contribution in [1.82, 2.24) is 4.90 Å². The van der Waals surface area contributed by atoms with E-state index in [2.05, 4.69) is 0 Å². The molecular formula is C12H21F2NO2. The standard InChI is InChI=1S/C12H21F2NO2/c1-4-6-9-10(11(16)17)15(5-2)8(3)7-12(9,13)14/h8-10H,4-7H2,1-3H3,(H,16,17). The lowest BCUT2D eigenvalue weighted by molar-refractivity contribution is -0.178. The van der Waals surface area contributed by atoms with Crippen LogP contribution in [0.5, 0.6) is 0 Å². The third kappa shape index (κ3) is 2.76. The van der Waals surface area contributed by atoms with E-state index in [1.165, 1.54) is 0 Å². The van der Waals surface area contributed by atoms with Crippen molar-refractivity contribution in [3.8, 4) is 0 Å². The van der Waals surface area contributed by atoms with Gasteiger partial charge in [-0.15, -0.1) is 0 Å². The molecular weight excluding hydrogens is 228 g/mol. The fourth-order valence-electron chi connectivity index (χ4n) is 2.90. The molecule has 3 unspecified atom stereocenters. The van der Waals surface area contributed by atoms with E-state index in [-0.39, 0.29) is 18.9 Å². The van der Waals surface area contributed by atoms with Crippen LogP contribution in [0.4, 0.5) is 8.78 Å². The Morgan fingerprint density at radius 1 is 1.47 bits per heavy atom. The van der Waals surface area contributed by atoms with Gasteiger partial charge in [-0.05, 0) is 19.9 Å². The van der Waals surface area contributed by atoms with E-state index in [1.807, 2.05) is 13.8 Å². The molecule has 1 heterocycles. The molecule has 0 amide bonds. The first-order chi connectivity index (χ1) is 7.85. The summed E-state index contributed by atoms with van der Waals surface area (Å²) in [7, 11) is 0. The summed E-state index contributed by atoms with van der Waals surface area (Å²) in [6.45, 7) is 5.80. The highest BCUT2D eigenvalue weighted by molar-refractivity contribution is 5.74. The SMILES string of the molecule is CCCC1C(C(=O)O)N(CC)C(C)CC1(F)F. The van der Waals surface area contributed by atoms with Gasteiger partial charge in [-0.2, -0.15) is 0 Å². The minimum absolute atomic E-state index is 0.241. The molecule has 3 atom stereocenters. The Hall–Kier alpha value is -0.710. The van der Waals surface area contributed by atoms with E-state index >= 15 is 0 Å². The van der Waals surface area contributed by atoms with Crippen LogP contribution in [-0.2, 0) is 4.79 Å². The van der Waals surface area contributed by atoms with Crippen LogP contribution in [0.1, 0.15) is 40.0 Å². The van der Waals surface area contributed by atoms with Gasteiger partial charge >= 0.3 is 5.97 Å². The number of carboxylic acids is 1. The van der Waals surface area contributed by atoms with Crippen molar-refractivity contribution in [1.29, 1.82) is 0 Å². The summed E-state index contributed by atoms with van der Waals surface area (Å²) in [4.78, 5) is 12.9. The highest BCUT2D eigenvalue weighted by atomic mass is 19.3. The van der Waals surface area contributed by atoms with Crippen LogP contribution in [0.2, 0.25) is 0 Å². The molecule has 0 bridgehead atoms. The molecule has 3 nitrogen and oxygen atoms in total. The number of aliphatic carboxylic acids is 1. The maximum atomic E-state index is 13.9. The number of likely N-dealkylation sites (tertiary alicyclic amines) is 1. The molecule has 1 aliphatic rings. The van der Waals surface area contributed by atoms with Crippen molar-refractivity contribution in [3.05, 3.63) is 0 Å². The summed E-state index contributed by atoms with van der Waals surface area (Å²) in [6, 6.07) is -1.44. The zero-order chi connectivity index (χ0) is 13.2. The van der Waals surface area contributed by atoms with Crippen molar-refractivity contribution in [2.45, 2.75) is 58.0 Å². The van der Waals surface area contributed by atoms with E-state index in [4.69, 9.17) is 0 Å². The quantitative estimate of drug-likeness (QED) is 0.832. The smallest absolute Gasteiger partial charge is 0.321 e. The average Bonchev–Trinajstić information content (AvgIpc) is 2.20. The van der Waals surface area contributed by atoms with Gasteiger partial charge in [-0.25, -0.2) is 8.78 Å². The van der Waals surface area contributed by atoms with Gasteiger partial charge in [0.25, 0.3) is 5.92 Å². The number of hydrogen-bond donors (Lipinski definition) is 1. The van der Waals surface area contributed by atoms with E-state index in [9.17, 15) is 18.7 Å². The second-order valence-corrected chi connectivity index (χ2v) is 4.82. The Bertz CT molecular complexity index is 284. The molecule has 0 radical (unpaired) electrons. The van der Waals surface area contributed by atoms with Gasteiger partial charge in [-0.3, -0.25) is 9.69 Å². The number of likely N-dealkylation sites (N-methyl/N-ethyl adjacent to an activating group) is 1. The second-order valence-electron chi connectivity index (χ2n) is 4.82. The van der Waals surface area contributed by atoms with Gasteiger partial charge in [0.2, 0.25) is 0 Å². The predicted molar refractivity (Wildman–Crippen MR) is 61.2 cm³/mol. The van der Waals surface area contributed by atoms with Crippen LogP contribution >= 0.6 is 0 Å². The number of rotatable bonds is 4. The monoisotopic (exact) mass is 249 g/mol. The average molecular weight is 249 g/mol. The highest BCUT2D eigenvalue weighted by Crippen LogP contribution is 2.42. The maximum Gasteiger partial charge on any atom is 0.321 e. The summed E-state index contributed by atoms with van der Waals surface area (Å²) < 4.78 is 27.9.